The Labute approximate surface area is 164 Å². The van der Waals surface area contributed by atoms with Gasteiger partial charge >= 0.3 is 0 Å². The molecule has 5 heteroatoms. The van der Waals surface area contributed by atoms with Gasteiger partial charge in [-0.1, -0.05) is 30.3 Å². The maximum atomic E-state index is 12.5. The topological polar surface area (TPSA) is 56.8 Å². The molecule has 0 heterocycles. The average molecular weight is 377 g/mol. The lowest BCUT2D eigenvalue weighted by Crippen LogP contribution is -2.25. The highest BCUT2D eigenvalue weighted by molar-refractivity contribution is 5.94. The summed E-state index contributed by atoms with van der Waals surface area (Å²) in [6.45, 7) is 0.512. The molecule has 0 fully saturated rings. The van der Waals surface area contributed by atoms with Crippen LogP contribution in [0.25, 0.3) is 0 Å². The van der Waals surface area contributed by atoms with Gasteiger partial charge in [-0.15, -0.1) is 0 Å². The van der Waals surface area contributed by atoms with Gasteiger partial charge in [-0.3, -0.25) is 4.79 Å². The van der Waals surface area contributed by atoms with Crippen molar-refractivity contribution >= 4 is 5.91 Å². The van der Waals surface area contributed by atoms with E-state index in [0.717, 1.165) is 11.3 Å². The van der Waals surface area contributed by atoms with Crippen molar-refractivity contribution in [2.24, 2.45) is 0 Å². The first-order chi connectivity index (χ1) is 13.7. The molecule has 28 heavy (non-hydrogen) atoms. The molecule has 0 aromatic heterocycles. The third-order valence-corrected chi connectivity index (χ3v) is 4.22. The predicted molar refractivity (Wildman–Crippen MR) is 109 cm³/mol. The van der Waals surface area contributed by atoms with Crippen LogP contribution in [0.1, 0.15) is 15.9 Å². The first-order valence-corrected chi connectivity index (χ1v) is 9.01. The van der Waals surface area contributed by atoms with E-state index < -0.39 is 0 Å². The van der Waals surface area contributed by atoms with Gasteiger partial charge in [0.05, 0.1) is 14.2 Å². The molecule has 144 valence electrons. The van der Waals surface area contributed by atoms with E-state index in [1.54, 1.807) is 26.4 Å². The van der Waals surface area contributed by atoms with Crippen molar-refractivity contribution in [3.05, 3.63) is 83.9 Å². The molecule has 0 bridgehead atoms. The van der Waals surface area contributed by atoms with Crippen LogP contribution in [-0.4, -0.2) is 26.7 Å². The summed E-state index contributed by atoms with van der Waals surface area (Å²) in [6.07, 6.45) is 0.687. The molecule has 0 saturated carbocycles. The van der Waals surface area contributed by atoms with Gasteiger partial charge in [-0.25, -0.2) is 0 Å². The normalized spacial score (nSPS) is 10.2. The summed E-state index contributed by atoms with van der Waals surface area (Å²) in [7, 11) is 3.21. The highest BCUT2D eigenvalue weighted by Crippen LogP contribution is 2.27. The standard InChI is InChI=1S/C23H23NO4/c1-26-21-12-11-17(15-22(21)27-2)13-14-24-23(25)18-7-6-10-20(16-18)28-19-8-4-3-5-9-19/h3-12,15-16H,13-14H2,1-2H3,(H,24,25). The monoisotopic (exact) mass is 377 g/mol. The number of para-hydroxylation sites is 1. The van der Waals surface area contributed by atoms with Gasteiger partial charge < -0.3 is 19.5 Å². The van der Waals surface area contributed by atoms with E-state index in [0.29, 0.717) is 35.8 Å². The van der Waals surface area contributed by atoms with E-state index in [1.165, 1.54) is 0 Å². The Morgan fingerprint density at radius 1 is 0.821 bits per heavy atom. The first kappa shape index (κ1) is 19.3. The second-order valence-corrected chi connectivity index (χ2v) is 6.14. The predicted octanol–water partition coefficient (Wildman–Crippen LogP) is 4.47. The quantitative estimate of drug-likeness (QED) is 0.629. The number of hydrogen-bond donors (Lipinski definition) is 1. The van der Waals surface area contributed by atoms with Gasteiger partial charge in [0, 0.05) is 12.1 Å². The SMILES string of the molecule is COc1ccc(CCNC(=O)c2cccc(Oc3ccccc3)c2)cc1OC. The van der Waals surface area contributed by atoms with E-state index in [1.807, 2.05) is 60.7 Å². The van der Waals surface area contributed by atoms with Crippen LogP contribution in [0.3, 0.4) is 0 Å². The Balaban J connectivity index is 1.57. The van der Waals surface area contributed by atoms with Crippen LogP contribution in [0.4, 0.5) is 0 Å². The molecule has 3 aromatic carbocycles. The molecule has 0 aliphatic rings. The lowest BCUT2D eigenvalue weighted by Gasteiger charge is -2.11. The number of benzene rings is 3. The van der Waals surface area contributed by atoms with Gasteiger partial charge in [0.25, 0.3) is 5.91 Å². The summed E-state index contributed by atoms with van der Waals surface area (Å²) >= 11 is 0. The van der Waals surface area contributed by atoms with Crippen LogP contribution < -0.4 is 19.5 Å². The molecule has 3 rings (SSSR count). The van der Waals surface area contributed by atoms with Crippen LogP contribution in [0, 0.1) is 0 Å². The Hall–Kier alpha value is -3.47. The summed E-state index contributed by atoms with van der Waals surface area (Å²) in [5.74, 6) is 2.58. The first-order valence-electron chi connectivity index (χ1n) is 9.01. The maximum Gasteiger partial charge on any atom is 0.251 e. The van der Waals surface area contributed by atoms with Crippen LogP contribution >= 0.6 is 0 Å². The Bertz CT molecular complexity index is 925. The molecule has 5 nitrogen and oxygen atoms in total. The molecule has 0 radical (unpaired) electrons. The number of rotatable bonds is 8. The molecule has 3 aromatic rings. The smallest absolute Gasteiger partial charge is 0.251 e. The molecule has 0 atom stereocenters. The third-order valence-electron chi connectivity index (χ3n) is 4.22. The summed E-state index contributed by atoms with van der Waals surface area (Å²) in [6, 6.07) is 22.3. The van der Waals surface area contributed by atoms with Crippen LogP contribution in [0.2, 0.25) is 0 Å². The van der Waals surface area contributed by atoms with E-state index >= 15 is 0 Å². The zero-order valence-electron chi connectivity index (χ0n) is 16.0. The lowest BCUT2D eigenvalue weighted by atomic mass is 10.1. The Morgan fingerprint density at radius 3 is 2.32 bits per heavy atom. The van der Waals surface area contributed by atoms with Crippen molar-refractivity contribution in [2.45, 2.75) is 6.42 Å². The zero-order chi connectivity index (χ0) is 19.8. The number of carbonyl (C=O) groups is 1. The molecule has 0 aliphatic heterocycles. The van der Waals surface area contributed by atoms with Gasteiger partial charge in [-0.05, 0) is 54.4 Å². The van der Waals surface area contributed by atoms with Gasteiger partial charge in [0.15, 0.2) is 11.5 Å². The summed E-state index contributed by atoms with van der Waals surface area (Å²) in [4.78, 5) is 12.5. The van der Waals surface area contributed by atoms with Crippen LogP contribution in [0.5, 0.6) is 23.0 Å². The number of amides is 1. The fourth-order valence-corrected chi connectivity index (χ4v) is 2.78. The molecule has 1 N–H and O–H groups in total. The second kappa shape index (κ2) is 9.46. The lowest BCUT2D eigenvalue weighted by molar-refractivity contribution is 0.0954. The highest BCUT2D eigenvalue weighted by atomic mass is 16.5. The number of nitrogens with one attached hydrogen (secondary N) is 1. The van der Waals surface area contributed by atoms with Crippen molar-refractivity contribution in [1.82, 2.24) is 5.32 Å². The highest BCUT2D eigenvalue weighted by Gasteiger charge is 2.08. The molecular formula is C23H23NO4. The number of methoxy groups -OCH3 is 2. The number of ether oxygens (including phenoxy) is 3. The molecule has 1 amide bonds. The van der Waals surface area contributed by atoms with Crippen molar-refractivity contribution in [3.8, 4) is 23.0 Å². The van der Waals surface area contributed by atoms with Crippen LogP contribution in [0.15, 0.2) is 72.8 Å². The third kappa shape index (κ3) is 5.04. The molecule has 0 unspecified atom stereocenters. The molecule has 0 saturated heterocycles. The van der Waals surface area contributed by atoms with Crippen molar-refractivity contribution in [2.75, 3.05) is 20.8 Å². The fraction of sp³-hybridized carbons (Fsp3) is 0.174. The average Bonchev–Trinajstić information content (AvgIpc) is 2.74. The van der Waals surface area contributed by atoms with Gasteiger partial charge in [-0.2, -0.15) is 0 Å². The fourth-order valence-electron chi connectivity index (χ4n) is 2.78. The number of hydrogen-bond acceptors (Lipinski definition) is 4. The van der Waals surface area contributed by atoms with Gasteiger partial charge in [0.2, 0.25) is 0 Å². The van der Waals surface area contributed by atoms with Crippen LogP contribution in [-0.2, 0) is 6.42 Å². The molecule has 0 aliphatic carbocycles. The molecule has 0 spiro atoms. The van der Waals surface area contributed by atoms with Crippen molar-refractivity contribution in [1.29, 1.82) is 0 Å². The van der Waals surface area contributed by atoms with Crippen molar-refractivity contribution in [3.63, 3.8) is 0 Å². The van der Waals surface area contributed by atoms with E-state index in [2.05, 4.69) is 5.32 Å². The second-order valence-electron chi connectivity index (χ2n) is 6.14. The number of carbonyl (C=O) groups excluding carboxylic acids is 1. The summed E-state index contributed by atoms with van der Waals surface area (Å²) in [5, 5.41) is 2.94. The van der Waals surface area contributed by atoms with E-state index in [9.17, 15) is 4.79 Å². The Morgan fingerprint density at radius 2 is 1.57 bits per heavy atom. The minimum Gasteiger partial charge on any atom is -0.493 e. The van der Waals surface area contributed by atoms with E-state index in [4.69, 9.17) is 14.2 Å². The molecular weight excluding hydrogens is 354 g/mol. The largest absolute Gasteiger partial charge is 0.493 e. The summed E-state index contributed by atoms with van der Waals surface area (Å²) in [5.41, 5.74) is 1.61. The minimum absolute atomic E-state index is 0.140. The maximum absolute atomic E-state index is 12.5. The summed E-state index contributed by atoms with van der Waals surface area (Å²) < 4.78 is 16.3. The zero-order valence-corrected chi connectivity index (χ0v) is 16.0. The van der Waals surface area contributed by atoms with Gasteiger partial charge in [0.1, 0.15) is 11.5 Å². The van der Waals surface area contributed by atoms with Crippen molar-refractivity contribution < 1.29 is 19.0 Å². The Kier molecular flexibility index (Phi) is 6.52. The minimum atomic E-state index is -0.140. The van der Waals surface area contributed by atoms with E-state index in [-0.39, 0.29) is 5.91 Å².